The molecule has 0 amide bonds. The van der Waals surface area contributed by atoms with Crippen LogP contribution in [-0.4, -0.2) is 12.4 Å². The minimum atomic E-state index is -0.378. The van der Waals surface area contributed by atoms with Crippen molar-refractivity contribution < 1.29 is 9.53 Å². The second kappa shape index (κ2) is 11.5. The summed E-state index contributed by atoms with van der Waals surface area (Å²) < 4.78 is 5.65. The molecule has 21 heavy (non-hydrogen) atoms. The van der Waals surface area contributed by atoms with Crippen molar-refractivity contribution in [3.05, 3.63) is 35.9 Å². The zero-order chi connectivity index (χ0) is 15.3. The van der Waals surface area contributed by atoms with E-state index in [1.165, 1.54) is 32.1 Å². The maximum Gasteiger partial charge on any atom is 0.166 e. The van der Waals surface area contributed by atoms with Gasteiger partial charge in [-0.15, -0.1) is 0 Å². The van der Waals surface area contributed by atoms with Gasteiger partial charge in [-0.05, 0) is 18.9 Å². The lowest BCUT2D eigenvalue weighted by Gasteiger charge is -2.16. The summed E-state index contributed by atoms with van der Waals surface area (Å²) in [6.45, 7) is 4.75. The summed E-state index contributed by atoms with van der Waals surface area (Å²) in [6.07, 6.45) is 8.89. The zero-order valence-corrected chi connectivity index (χ0v) is 13.6. The lowest BCUT2D eigenvalue weighted by atomic mass is 10.0. The Morgan fingerprint density at radius 2 is 1.57 bits per heavy atom. The molecule has 0 fully saturated rings. The molecule has 1 rings (SSSR count). The Balaban J connectivity index is 2.30. The van der Waals surface area contributed by atoms with Crippen LogP contribution in [0.4, 0.5) is 0 Å². The highest BCUT2D eigenvalue weighted by molar-refractivity contribution is 5.84. The fourth-order valence-electron chi connectivity index (χ4n) is 2.56. The van der Waals surface area contributed by atoms with E-state index in [1.54, 1.807) is 0 Å². The van der Waals surface area contributed by atoms with E-state index in [-0.39, 0.29) is 11.9 Å². The predicted molar refractivity (Wildman–Crippen MR) is 88.4 cm³/mol. The number of hydrogen-bond acceptors (Lipinski definition) is 2. The Bertz CT molecular complexity index is 372. The van der Waals surface area contributed by atoms with Crippen LogP contribution in [0.2, 0.25) is 0 Å². The maximum atomic E-state index is 12.3. The van der Waals surface area contributed by atoms with Crippen LogP contribution in [0.15, 0.2) is 30.3 Å². The minimum Gasteiger partial charge on any atom is -0.366 e. The smallest absolute Gasteiger partial charge is 0.166 e. The molecule has 0 N–H and O–H groups in total. The van der Waals surface area contributed by atoms with Crippen LogP contribution in [0.25, 0.3) is 0 Å². The lowest BCUT2D eigenvalue weighted by Crippen LogP contribution is -2.16. The van der Waals surface area contributed by atoms with Gasteiger partial charge < -0.3 is 4.74 Å². The summed E-state index contributed by atoms with van der Waals surface area (Å²) in [5, 5.41) is 0. The first-order valence-electron chi connectivity index (χ1n) is 8.48. The first kappa shape index (κ1) is 17.9. The van der Waals surface area contributed by atoms with Gasteiger partial charge in [-0.25, -0.2) is 0 Å². The van der Waals surface area contributed by atoms with Crippen LogP contribution < -0.4 is 0 Å². The molecule has 0 bridgehead atoms. The van der Waals surface area contributed by atoms with E-state index in [1.807, 2.05) is 37.3 Å². The molecule has 0 aliphatic heterocycles. The van der Waals surface area contributed by atoms with Gasteiger partial charge in [0.25, 0.3) is 0 Å². The number of unbranched alkanes of at least 4 members (excludes halogenated alkanes) is 6. The predicted octanol–water partition coefficient (Wildman–Crippen LogP) is 5.47. The van der Waals surface area contributed by atoms with E-state index in [0.717, 1.165) is 18.4 Å². The molecule has 0 saturated heterocycles. The zero-order valence-electron chi connectivity index (χ0n) is 13.6. The first-order chi connectivity index (χ1) is 10.3. The monoisotopic (exact) mass is 290 g/mol. The molecular weight excluding hydrogens is 260 g/mol. The molecule has 2 nitrogen and oxygen atoms in total. The van der Waals surface area contributed by atoms with Crippen LogP contribution in [0.1, 0.15) is 76.9 Å². The van der Waals surface area contributed by atoms with Gasteiger partial charge in [0, 0.05) is 13.0 Å². The van der Waals surface area contributed by atoms with Crippen LogP contribution in [0, 0.1) is 0 Å². The summed E-state index contributed by atoms with van der Waals surface area (Å²) in [5.74, 6) is 0.219. The van der Waals surface area contributed by atoms with Crippen molar-refractivity contribution in [1.82, 2.24) is 0 Å². The van der Waals surface area contributed by atoms with E-state index < -0.39 is 0 Å². The Morgan fingerprint density at radius 3 is 2.19 bits per heavy atom. The van der Waals surface area contributed by atoms with E-state index in [9.17, 15) is 4.79 Å². The number of carbonyl (C=O) groups excluding carboxylic acids is 1. The van der Waals surface area contributed by atoms with Gasteiger partial charge in [-0.1, -0.05) is 75.8 Å². The van der Waals surface area contributed by atoms with Gasteiger partial charge >= 0.3 is 0 Å². The van der Waals surface area contributed by atoms with E-state index in [0.29, 0.717) is 13.0 Å². The van der Waals surface area contributed by atoms with Crippen LogP contribution in [0.5, 0.6) is 0 Å². The Hall–Kier alpha value is -1.15. The largest absolute Gasteiger partial charge is 0.366 e. The average Bonchev–Trinajstić information content (AvgIpc) is 2.52. The summed E-state index contributed by atoms with van der Waals surface area (Å²) >= 11 is 0. The molecule has 0 heterocycles. The molecule has 0 aliphatic rings. The standard InChI is InChI=1S/C19H30O2/c1-3-5-6-7-8-9-13-16-18(20)19(21-4-2)17-14-11-10-12-15-17/h10-12,14-15,19H,3-9,13,16H2,1-2H3. The van der Waals surface area contributed by atoms with Crippen LogP contribution in [-0.2, 0) is 9.53 Å². The highest BCUT2D eigenvalue weighted by Crippen LogP contribution is 2.21. The molecule has 118 valence electrons. The fraction of sp³-hybridized carbons (Fsp3) is 0.632. The van der Waals surface area contributed by atoms with Crippen LogP contribution >= 0.6 is 0 Å². The van der Waals surface area contributed by atoms with Crippen molar-refractivity contribution in [2.24, 2.45) is 0 Å². The summed E-state index contributed by atoms with van der Waals surface area (Å²) in [5.41, 5.74) is 0.979. The SMILES string of the molecule is CCCCCCCCCC(=O)C(OCC)c1ccccc1. The molecule has 1 aromatic rings. The second-order valence-corrected chi connectivity index (χ2v) is 5.58. The van der Waals surface area contributed by atoms with E-state index in [4.69, 9.17) is 4.74 Å². The molecule has 1 atom stereocenters. The van der Waals surface area contributed by atoms with E-state index in [2.05, 4.69) is 6.92 Å². The molecule has 1 aromatic carbocycles. The second-order valence-electron chi connectivity index (χ2n) is 5.58. The van der Waals surface area contributed by atoms with Crippen molar-refractivity contribution >= 4 is 5.78 Å². The van der Waals surface area contributed by atoms with Gasteiger partial charge in [0.15, 0.2) is 5.78 Å². The summed E-state index contributed by atoms with van der Waals surface area (Å²) in [4.78, 5) is 12.3. The fourth-order valence-corrected chi connectivity index (χ4v) is 2.56. The van der Waals surface area contributed by atoms with Gasteiger partial charge in [0.05, 0.1) is 0 Å². The van der Waals surface area contributed by atoms with Gasteiger partial charge in [-0.3, -0.25) is 4.79 Å². The normalized spacial score (nSPS) is 12.3. The molecule has 0 aromatic heterocycles. The number of ketones is 1. The molecular formula is C19H30O2. The Labute approximate surface area is 129 Å². The average molecular weight is 290 g/mol. The highest BCUT2D eigenvalue weighted by Gasteiger charge is 2.19. The van der Waals surface area contributed by atoms with Gasteiger partial charge in [0.1, 0.15) is 6.10 Å². The molecule has 1 unspecified atom stereocenters. The number of benzene rings is 1. The number of rotatable bonds is 12. The number of Topliss-reactive ketones (excluding diaryl/α,β-unsaturated/α-hetero) is 1. The quantitative estimate of drug-likeness (QED) is 0.477. The lowest BCUT2D eigenvalue weighted by molar-refractivity contribution is -0.130. The third-order valence-corrected chi connectivity index (χ3v) is 3.75. The highest BCUT2D eigenvalue weighted by atomic mass is 16.5. The van der Waals surface area contributed by atoms with Crippen molar-refractivity contribution in [2.45, 2.75) is 71.3 Å². The van der Waals surface area contributed by atoms with Crippen molar-refractivity contribution in [1.29, 1.82) is 0 Å². The molecule has 0 saturated carbocycles. The Kier molecular flexibility index (Phi) is 9.81. The molecule has 0 radical (unpaired) electrons. The molecule has 0 aliphatic carbocycles. The molecule has 2 heteroatoms. The number of carbonyl (C=O) groups is 1. The third kappa shape index (κ3) is 7.42. The number of ether oxygens (including phenoxy) is 1. The van der Waals surface area contributed by atoms with Crippen molar-refractivity contribution in [3.63, 3.8) is 0 Å². The minimum absolute atomic E-state index is 0.219. The maximum absolute atomic E-state index is 12.3. The molecule has 0 spiro atoms. The van der Waals surface area contributed by atoms with Crippen molar-refractivity contribution in [2.75, 3.05) is 6.61 Å². The first-order valence-corrected chi connectivity index (χ1v) is 8.48. The van der Waals surface area contributed by atoms with E-state index >= 15 is 0 Å². The summed E-state index contributed by atoms with van der Waals surface area (Å²) in [6, 6.07) is 9.84. The van der Waals surface area contributed by atoms with Gasteiger partial charge in [-0.2, -0.15) is 0 Å². The topological polar surface area (TPSA) is 26.3 Å². The van der Waals surface area contributed by atoms with Crippen molar-refractivity contribution in [3.8, 4) is 0 Å². The van der Waals surface area contributed by atoms with Gasteiger partial charge in [0.2, 0.25) is 0 Å². The summed E-state index contributed by atoms with van der Waals surface area (Å²) in [7, 11) is 0. The Morgan fingerprint density at radius 1 is 0.952 bits per heavy atom. The van der Waals surface area contributed by atoms with Crippen LogP contribution in [0.3, 0.4) is 0 Å². The third-order valence-electron chi connectivity index (χ3n) is 3.75. The number of hydrogen-bond donors (Lipinski definition) is 0.